The molecule has 0 saturated heterocycles. The van der Waals surface area contributed by atoms with E-state index in [1.165, 1.54) is 12.8 Å². The maximum absolute atomic E-state index is 10.8. The molecule has 1 aliphatic heterocycles. The van der Waals surface area contributed by atoms with Gasteiger partial charge < -0.3 is 0 Å². The summed E-state index contributed by atoms with van der Waals surface area (Å²) in [6.07, 6.45) is 7.14. The third kappa shape index (κ3) is 1.44. The maximum Gasteiger partial charge on any atom is 0.269 e. The van der Waals surface area contributed by atoms with E-state index in [1.54, 1.807) is 24.3 Å². The predicted molar refractivity (Wildman–Crippen MR) is 80.3 cm³/mol. The summed E-state index contributed by atoms with van der Waals surface area (Å²) >= 11 is 0. The molecule has 0 radical (unpaired) electrons. The average Bonchev–Trinajstić information content (AvgIpc) is 3.25. The molecule has 5 rings (SSSR count). The van der Waals surface area contributed by atoms with E-state index in [0.717, 1.165) is 11.6 Å². The second-order valence-corrected chi connectivity index (χ2v) is 6.77. The number of nitro benzene ring substituents is 1. The Morgan fingerprint density at radius 3 is 2.77 bits per heavy atom. The number of hydrogen-bond donors (Lipinski definition) is 0. The molecule has 3 aliphatic carbocycles. The number of rotatable bonds is 2. The molecule has 1 heterocycles. The highest BCUT2D eigenvalue weighted by Crippen LogP contribution is 2.60. The van der Waals surface area contributed by atoms with Crippen LogP contribution in [0.3, 0.4) is 0 Å². The first-order chi connectivity index (χ1) is 10.7. The molecule has 1 aromatic rings. The highest BCUT2D eigenvalue weighted by atomic mass is 16.6. The van der Waals surface area contributed by atoms with E-state index in [2.05, 4.69) is 22.5 Å². The lowest BCUT2D eigenvalue weighted by Crippen LogP contribution is -2.44. The van der Waals surface area contributed by atoms with Crippen LogP contribution >= 0.6 is 0 Å². The number of hydrogen-bond acceptors (Lipinski definition) is 5. The van der Waals surface area contributed by atoms with Gasteiger partial charge in [-0.2, -0.15) is 5.11 Å². The second-order valence-electron chi connectivity index (χ2n) is 6.77. The Morgan fingerprint density at radius 1 is 1.18 bits per heavy atom. The minimum absolute atomic E-state index is 0.115. The molecular formula is C16H16N4O2. The van der Waals surface area contributed by atoms with Crippen molar-refractivity contribution < 1.29 is 4.92 Å². The van der Waals surface area contributed by atoms with Gasteiger partial charge in [0.1, 0.15) is 0 Å². The summed E-state index contributed by atoms with van der Waals surface area (Å²) in [5, 5.41) is 21.7. The lowest BCUT2D eigenvalue weighted by atomic mass is 9.76. The van der Waals surface area contributed by atoms with Gasteiger partial charge in [0.2, 0.25) is 0 Å². The molecule has 2 saturated carbocycles. The van der Waals surface area contributed by atoms with E-state index in [4.69, 9.17) is 0 Å². The van der Waals surface area contributed by atoms with E-state index in [0.29, 0.717) is 29.8 Å². The van der Waals surface area contributed by atoms with Crippen molar-refractivity contribution in [2.24, 2.45) is 34.0 Å². The number of fused-ring (bicyclic) bond motifs is 8. The fourth-order valence-corrected chi connectivity index (χ4v) is 5.13. The van der Waals surface area contributed by atoms with Crippen LogP contribution in [0.5, 0.6) is 0 Å². The topological polar surface area (TPSA) is 71.1 Å². The largest absolute Gasteiger partial charge is 0.269 e. The zero-order chi connectivity index (χ0) is 14.8. The van der Waals surface area contributed by atoms with Crippen LogP contribution in [0.2, 0.25) is 0 Å². The first-order valence-electron chi connectivity index (χ1n) is 7.85. The smallest absolute Gasteiger partial charge is 0.258 e. The molecular weight excluding hydrogens is 280 g/mol. The van der Waals surface area contributed by atoms with Crippen molar-refractivity contribution in [3.05, 3.63) is 46.5 Å². The van der Waals surface area contributed by atoms with Crippen LogP contribution in [0.4, 0.5) is 11.4 Å². The molecule has 0 N–H and O–H groups in total. The lowest BCUT2D eigenvalue weighted by molar-refractivity contribution is -0.384. The van der Waals surface area contributed by atoms with Crippen LogP contribution in [-0.2, 0) is 0 Å². The first-order valence-corrected chi connectivity index (χ1v) is 7.85. The Hall–Kier alpha value is -2.24. The molecule has 6 nitrogen and oxygen atoms in total. The standard InChI is InChI=1S/C16H16N4O2/c21-20(22)10-6-4-9(5-7-10)19-16-14-8-13(15(16)17-18-19)11-2-1-3-12(11)14/h1-2,4-7,11-16H,3,8H2/t11-,12-,13-,14+,15-,16-/m0/s1. The van der Waals surface area contributed by atoms with Gasteiger partial charge >= 0.3 is 0 Å². The van der Waals surface area contributed by atoms with Gasteiger partial charge in [-0.1, -0.05) is 17.4 Å². The van der Waals surface area contributed by atoms with Crippen molar-refractivity contribution in [1.82, 2.24) is 0 Å². The van der Waals surface area contributed by atoms with Crippen LogP contribution < -0.4 is 5.01 Å². The van der Waals surface area contributed by atoms with Crippen LogP contribution in [-0.4, -0.2) is 17.0 Å². The number of benzene rings is 1. The number of non-ortho nitro benzene ring substituents is 1. The Balaban J connectivity index is 1.46. The van der Waals surface area contributed by atoms with Gasteiger partial charge in [0.15, 0.2) is 0 Å². The van der Waals surface area contributed by atoms with Gasteiger partial charge in [-0.3, -0.25) is 10.1 Å². The minimum atomic E-state index is -0.371. The molecule has 22 heavy (non-hydrogen) atoms. The number of nitrogens with zero attached hydrogens (tertiary/aromatic N) is 4. The second kappa shape index (κ2) is 4.15. The lowest BCUT2D eigenvalue weighted by Gasteiger charge is -2.35. The van der Waals surface area contributed by atoms with Gasteiger partial charge in [0.05, 0.1) is 22.7 Å². The van der Waals surface area contributed by atoms with Gasteiger partial charge in [-0.15, -0.1) is 0 Å². The molecule has 0 aromatic heterocycles. The predicted octanol–water partition coefficient (Wildman–Crippen LogP) is 3.36. The summed E-state index contributed by atoms with van der Waals surface area (Å²) in [7, 11) is 0. The molecule has 6 heteroatoms. The molecule has 1 aromatic carbocycles. The number of allylic oxidation sites excluding steroid dienone is 2. The molecule has 4 aliphatic rings. The third-order valence-electron chi connectivity index (χ3n) is 5.97. The molecule has 6 atom stereocenters. The summed E-state index contributed by atoms with van der Waals surface area (Å²) in [6.45, 7) is 0. The van der Waals surface area contributed by atoms with Crippen LogP contribution in [0.1, 0.15) is 12.8 Å². The van der Waals surface area contributed by atoms with Gasteiger partial charge in [-0.25, -0.2) is 5.01 Å². The summed E-state index contributed by atoms with van der Waals surface area (Å²) in [6, 6.07) is 7.31. The number of anilines is 1. The van der Waals surface area contributed by atoms with Gasteiger partial charge in [0.25, 0.3) is 5.69 Å². The molecule has 0 spiro atoms. The van der Waals surface area contributed by atoms with E-state index in [9.17, 15) is 10.1 Å². The van der Waals surface area contributed by atoms with E-state index >= 15 is 0 Å². The number of nitro groups is 1. The fourth-order valence-electron chi connectivity index (χ4n) is 5.13. The Morgan fingerprint density at radius 2 is 2.00 bits per heavy atom. The average molecular weight is 296 g/mol. The zero-order valence-electron chi connectivity index (χ0n) is 11.9. The molecule has 0 unspecified atom stereocenters. The monoisotopic (exact) mass is 296 g/mol. The summed E-state index contributed by atoms with van der Waals surface area (Å²) in [5.41, 5.74) is 1.03. The molecule has 0 amide bonds. The van der Waals surface area contributed by atoms with Crippen LogP contribution in [0.15, 0.2) is 46.8 Å². The van der Waals surface area contributed by atoms with Gasteiger partial charge in [0, 0.05) is 12.1 Å². The minimum Gasteiger partial charge on any atom is -0.258 e. The quantitative estimate of drug-likeness (QED) is 0.477. The highest BCUT2D eigenvalue weighted by molar-refractivity contribution is 5.52. The summed E-state index contributed by atoms with van der Waals surface area (Å²) < 4.78 is 0. The van der Waals surface area contributed by atoms with Crippen molar-refractivity contribution >= 4 is 11.4 Å². The zero-order valence-corrected chi connectivity index (χ0v) is 11.9. The van der Waals surface area contributed by atoms with Gasteiger partial charge in [-0.05, 0) is 48.6 Å². The van der Waals surface area contributed by atoms with Crippen LogP contribution in [0, 0.1) is 33.8 Å². The normalized spacial score (nSPS) is 40.3. The van der Waals surface area contributed by atoms with Crippen LogP contribution in [0.25, 0.3) is 0 Å². The summed E-state index contributed by atoms with van der Waals surface area (Å²) in [4.78, 5) is 10.4. The van der Waals surface area contributed by atoms with E-state index in [-0.39, 0.29) is 10.6 Å². The Labute approximate surface area is 127 Å². The SMILES string of the molecule is O=[N+]([O-])c1ccc(N2N=N[C@H]3[C@H]4C[C@H]([C@H]5CC=C[C@@H]54)[C@@H]32)cc1. The van der Waals surface area contributed by atoms with Crippen molar-refractivity contribution in [3.63, 3.8) is 0 Å². The third-order valence-corrected chi connectivity index (χ3v) is 5.97. The molecule has 2 bridgehead atoms. The first kappa shape index (κ1) is 12.3. The van der Waals surface area contributed by atoms with E-state index in [1.807, 2.05) is 5.01 Å². The molecule has 2 fully saturated rings. The highest BCUT2D eigenvalue weighted by Gasteiger charge is 2.61. The Kier molecular flexibility index (Phi) is 2.32. The van der Waals surface area contributed by atoms with Crippen molar-refractivity contribution in [3.8, 4) is 0 Å². The van der Waals surface area contributed by atoms with E-state index < -0.39 is 0 Å². The summed E-state index contributed by atoms with van der Waals surface area (Å²) in [5.74, 6) is 2.71. The van der Waals surface area contributed by atoms with Crippen molar-refractivity contribution in [2.75, 3.05) is 5.01 Å². The fraction of sp³-hybridized carbons (Fsp3) is 0.500. The molecule has 112 valence electrons. The Bertz CT molecular complexity index is 699. The van der Waals surface area contributed by atoms with Crippen molar-refractivity contribution in [2.45, 2.75) is 24.9 Å². The van der Waals surface area contributed by atoms with Crippen molar-refractivity contribution in [1.29, 1.82) is 0 Å². The maximum atomic E-state index is 10.8.